The molecule has 0 atom stereocenters. The molecular weight excluding hydrogens is 328 g/mol. The summed E-state index contributed by atoms with van der Waals surface area (Å²) in [5, 5.41) is 9.97. The van der Waals surface area contributed by atoms with Gasteiger partial charge in [-0.1, -0.05) is 18.2 Å². The van der Waals surface area contributed by atoms with Crippen LogP contribution in [0.25, 0.3) is 0 Å². The number of hydrogen-bond acceptors (Lipinski definition) is 4. The molecule has 0 aliphatic rings. The maximum Gasteiger partial charge on any atom is 0.195 e. The van der Waals surface area contributed by atoms with E-state index in [4.69, 9.17) is 9.47 Å². The summed E-state index contributed by atoms with van der Waals surface area (Å²) in [6, 6.07) is 15.9. The number of para-hydroxylation sites is 1. The van der Waals surface area contributed by atoms with Crippen LogP contribution in [0.3, 0.4) is 0 Å². The summed E-state index contributed by atoms with van der Waals surface area (Å²) in [5.74, 6) is 2.15. The first kappa shape index (κ1) is 19.4. The number of nitrogens with one attached hydrogen (secondary N) is 3. The second kappa shape index (κ2) is 10.9. The van der Waals surface area contributed by atoms with Gasteiger partial charge in [-0.25, -0.2) is 0 Å². The van der Waals surface area contributed by atoms with E-state index in [0.29, 0.717) is 18.1 Å². The number of rotatable bonds is 9. The Morgan fingerprint density at radius 3 is 2.50 bits per heavy atom. The molecule has 0 amide bonds. The highest BCUT2D eigenvalue weighted by atomic mass is 16.5. The fourth-order valence-corrected chi connectivity index (χ4v) is 2.42. The molecule has 0 bridgehead atoms. The van der Waals surface area contributed by atoms with E-state index in [1.807, 2.05) is 43.3 Å². The minimum absolute atomic E-state index is 0.585. The molecule has 3 N–H and O–H groups in total. The monoisotopic (exact) mass is 356 g/mol. The maximum absolute atomic E-state index is 5.61. The van der Waals surface area contributed by atoms with E-state index in [1.165, 1.54) is 0 Å². The van der Waals surface area contributed by atoms with Gasteiger partial charge in [0, 0.05) is 37.6 Å². The Balaban J connectivity index is 1.79. The third-order valence-corrected chi connectivity index (χ3v) is 3.70. The average Bonchev–Trinajstić information content (AvgIpc) is 2.68. The first-order chi connectivity index (χ1) is 12.8. The lowest BCUT2D eigenvalue weighted by molar-refractivity contribution is 0.311. The zero-order chi connectivity index (χ0) is 18.6. The number of guanidine groups is 1. The third kappa shape index (κ3) is 6.20. The van der Waals surface area contributed by atoms with Crippen molar-refractivity contribution in [2.45, 2.75) is 13.3 Å². The normalized spacial score (nSPS) is 11.0. The highest BCUT2D eigenvalue weighted by molar-refractivity contribution is 5.93. The van der Waals surface area contributed by atoms with Gasteiger partial charge in [0.25, 0.3) is 0 Å². The summed E-state index contributed by atoms with van der Waals surface area (Å²) in [5.41, 5.74) is 2.03. The predicted molar refractivity (Wildman–Crippen MR) is 109 cm³/mol. The van der Waals surface area contributed by atoms with E-state index in [2.05, 4.69) is 33.1 Å². The summed E-state index contributed by atoms with van der Waals surface area (Å²) < 4.78 is 10.9. The molecule has 0 saturated carbocycles. The topological polar surface area (TPSA) is 66.9 Å². The van der Waals surface area contributed by atoms with Crippen molar-refractivity contribution >= 4 is 17.3 Å². The van der Waals surface area contributed by atoms with Crippen molar-refractivity contribution in [2.24, 2.45) is 4.99 Å². The Hall–Kier alpha value is -2.89. The van der Waals surface area contributed by atoms with Crippen LogP contribution in [0.1, 0.15) is 13.3 Å². The summed E-state index contributed by atoms with van der Waals surface area (Å²) in [7, 11) is 3.39. The average molecular weight is 356 g/mol. The Morgan fingerprint density at radius 2 is 1.81 bits per heavy atom. The number of ether oxygens (including phenoxy) is 2. The molecule has 2 aromatic rings. The molecule has 0 spiro atoms. The van der Waals surface area contributed by atoms with E-state index in [9.17, 15) is 0 Å². The molecule has 0 aromatic heterocycles. The smallest absolute Gasteiger partial charge is 0.195 e. The number of anilines is 2. The van der Waals surface area contributed by atoms with Gasteiger partial charge in [-0.05, 0) is 37.6 Å². The Morgan fingerprint density at radius 1 is 1.00 bits per heavy atom. The van der Waals surface area contributed by atoms with E-state index >= 15 is 0 Å². The second-order valence-corrected chi connectivity index (χ2v) is 5.57. The number of aliphatic imine (C=N–C) groups is 1. The molecule has 0 saturated heterocycles. The van der Waals surface area contributed by atoms with Gasteiger partial charge >= 0.3 is 0 Å². The summed E-state index contributed by atoms with van der Waals surface area (Å²) in [6.45, 7) is 4.24. The van der Waals surface area contributed by atoms with Crippen LogP contribution in [0, 0.1) is 0 Å². The van der Waals surface area contributed by atoms with Crippen molar-refractivity contribution < 1.29 is 9.47 Å². The zero-order valence-electron chi connectivity index (χ0n) is 15.7. The van der Waals surface area contributed by atoms with Crippen LogP contribution in [0.2, 0.25) is 0 Å². The van der Waals surface area contributed by atoms with E-state index in [0.717, 1.165) is 36.8 Å². The molecule has 0 fully saturated rings. The highest BCUT2D eigenvalue weighted by Gasteiger charge is 2.06. The maximum atomic E-state index is 5.61. The van der Waals surface area contributed by atoms with Crippen LogP contribution in [0.5, 0.6) is 11.5 Å². The van der Waals surface area contributed by atoms with Crippen LogP contribution in [0.4, 0.5) is 11.4 Å². The van der Waals surface area contributed by atoms with Crippen LogP contribution in [-0.4, -0.2) is 39.8 Å². The fraction of sp³-hybridized carbons (Fsp3) is 0.350. The Labute approximate surface area is 155 Å². The van der Waals surface area contributed by atoms with Crippen molar-refractivity contribution in [1.29, 1.82) is 0 Å². The van der Waals surface area contributed by atoms with Crippen molar-refractivity contribution in [3.8, 4) is 11.5 Å². The minimum atomic E-state index is 0.585. The van der Waals surface area contributed by atoms with Crippen LogP contribution in [0.15, 0.2) is 53.5 Å². The standard InChI is InChI=1S/C20H28N4O2/c1-4-26-19-15-17(11-12-18(19)25-3)24-20(21-2)23-14-8-13-22-16-9-6-5-7-10-16/h5-7,9-12,15,22H,4,8,13-14H2,1-3H3,(H2,21,23,24). The van der Waals surface area contributed by atoms with Crippen LogP contribution in [-0.2, 0) is 0 Å². The first-order valence-corrected chi connectivity index (χ1v) is 8.84. The quantitative estimate of drug-likeness (QED) is 0.364. The first-order valence-electron chi connectivity index (χ1n) is 8.84. The third-order valence-electron chi connectivity index (χ3n) is 3.70. The fourth-order valence-electron chi connectivity index (χ4n) is 2.42. The number of nitrogens with zero attached hydrogens (tertiary/aromatic N) is 1. The summed E-state index contributed by atoms with van der Waals surface area (Å²) in [4.78, 5) is 4.26. The van der Waals surface area contributed by atoms with Crippen molar-refractivity contribution in [3.63, 3.8) is 0 Å². The molecule has 0 heterocycles. The molecule has 140 valence electrons. The number of hydrogen-bond donors (Lipinski definition) is 3. The molecule has 0 aliphatic heterocycles. The lowest BCUT2D eigenvalue weighted by Crippen LogP contribution is -2.32. The highest BCUT2D eigenvalue weighted by Crippen LogP contribution is 2.30. The molecule has 26 heavy (non-hydrogen) atoms. The molecule has 6 nitrogen and oxygen atoms in total. The van der Waals surface area contributed by atoms with Gasteiger partial charge in [-0.3, -0.25) is 4.99 Å². The Kier molecular flexibility index (Phi) is 8.12. The van der Waals surface area contributed by atoms with Gasteiger partial charge in [0.1, 0.15) is 0 Å². The zero-order valence-corrected chi connectivity index (χ0v) is 15.7. The van der Waals surface area contributed by atoms with E-state index in [-0.39, 0.29) is 0 Å². The molecule has 0 aliphatic carbocycles. The van der Waals surface area contributed by atoms with Gasteiger partial charge in [0.2, 0.25) is 0 Å². The Bertz CT molecular complexity index is 689. The van der Waals surface area contributed by atoms with E-state index < -0.39 is 0 Å². The van der Waals surface area contributed by atoms with Crippen molar-refractivity contribution in [3.05, 3.63) is 48.5 Å². The SMILES string of the molecule is CCOc1cc(NC(=NC)NCCCNc2ccccc2)ccc1OC. The largest absolute Gasteiger partial charge is 0.493 e. The van der Waals surface area contributed by atoms with Crippen LogP contribution < -0.4 is 25.4 Å². The lowest BCUT2D eigenvalue weighted by atomic mass is 10.2. The van der Waals surface area contributed by atoms with Gasteiger partial charge < -0.3 is 25.4 Å². The van der Waals surface area contributed by atoms with Gasteiger partial charge in [0.05, 0.1) is 13.7 Å². The molecule has 0 radical (unpaired) electrons. The molecule has 0 unspecified atom stereocenters. The minimum Gasteiger partial charge on any atom is -0.493 e. The summed E-state index contributed by atoms with van der Waals surface area (Å²) in [6.07, 6.45) is 0.975. The number of methoxy groups -OCH3 is 1. The lowest BCUT2D eigenvalue weighted by Gasteiger charge is -2.15. The number of benzene rings is 2. The van der Waals surface area contributed by atoms with Crippen LogP contribution >= 0.6 is 0 Å². The predicted octanol–water partition coefficient (Wildman–Crippen LogP) is 3.58. The van der Waals surface area contributed by atoms with E-state index in [1.54, 1.807) is 14.2 Å². The van der Waals surface area contributed by atoms with Gasteiger partial charge in [-0.15, -0.1) is 0 Å². The van der Waals surface area contributed by atoms with Crippen molar-refractivity contribution in [1.82, 2.24) is 5.32 Å². The second-order valence-electron chi connectivity index (χ2n) is 5.57. The van der Waals surface area contributed by atoms with Crippen molar-refractivity contribution in [2.75, 3.05) is 44.5 Å². The van der Waals surface area contributed by atoms with Gasteiger partial charge in [0.15, 0.2) is 17.5 Å². The molecule has 2 aromatic carbocycles. The van der Waals surface area contributed by atoms with Gasteiger partial charge in [-0.2, -0.15) is 0 Å². The molecule has 6 heteroatoms. The summed E-state index contributed by atoms with van der Waals surface area (Å²) >= 11 is 0. The molecular formula is C20H28N4O2. The molecule has 2 rings (SSSR count).